The summed E-state index contributed by atoms with van der Waals surface area (Å²) in [5.41, 5.74) is 0.886. The Bertz CT molecular complexity index is 597. The summed E-state index contributed by atoms with van der Waals surface area (Å²) in [6, 6.07) is 7.65. The van der Waals surface area contributed by atoms with Gasteiger partial charge in [-0.2, -0.15) is 0 Å². The molecule has 2 atom stereocenters. The van der Waals surface area contributed by atoms with Crippen LogP contribution in [0.2, 0.25) is 0 Å². The highest BCUT2D eigenvalue weighted by atomic mass is 16.6. The Hall–Kier alpha value is -2.30. The van der Waals surface area contributed by atoms with Gasteiger partial charge in [-0.3, -0.25) is 4.90 Å². The minimum Gasteiger partial charge on any atom is -0.479 e. The molecule has 2 aliphatic rings. The van der Waals surface area contributed by atoms with E-state index in [0.29, 0.717) is 6.42 Å². The molecule has 1 aliphatic carbocycles. The van der Waals surface area contributed by atoms with E-state index in [0.717, 1.165) is 11.1 Å². The van der Waals surface area contributed by atoms with Crippen LogP contribution in [0, 0.1) is 0 Å². The third-order valence-electron chi connectivity index (χ3n) is 4.09. The minimum atomic E-state index is -1.13. The Morgan fingerprint density at radius 2 is 2.25 bits per heavy atom. The van der Waals surface area contributed by atoms with Gasteiger partial charge in [-0.1, -0.05) is 36.9 Å². The van der Waals surface area contributed by atoms with Crippen molar-refractivity contribution in [2.75, 3.05) is 6.61 Å². The van der Waals surface area contributed by atoms with Crippen molar-refractivity contribution in [1.29, 1.82) is 0 Å². The first-order valence-electron chi connectivity index (χ1n) is 6.47. The summed E-state index contributed by atoms with van der Waals surface area (Å²) in [4.78, 5) is 25.1. The molecule has 3 rings (SSSR count). The molecule has 5 nitrogen and oxygen atoms in total. The van der Waals surface area contributed by atoms with Crippen molar-refractivity contribution in [2.45, 2.75) is 24.4 Å². The maximum atomic E-state index is 12.1. The van der Waals surface area contributed by atoms with Crippen LogP contribution >= 0.6 is 0 Å². The summed E-state index contributed by atoms with van der Waals surface area (Å²) in [6.45, 7) is 3.84. The summed E-state index contributed by atoms with van der Waals surface area (Å²) >= 11 is 0. The first-order valence-corrected chi connectivity index (χ1v) is 6.47. The van der Waals surface area contributed by atoms with Crippen LogP contribution in [0.15, 0.2) is 36.9 Å². The Kier molecular flexibility index (Phi) is 2.78. The summed E-state index contributed by atoms with van der Waals surface area (Å²) in [5.74, 6) is -1.10. The Balaban J connectivity index is 1.96. The van der Waals surface area contributed by atoms with Gasteiger partial charge in [0, 0.05) is 5.92 Å². The second-order valence-electron chi connectivity index (χ2n) is 5.14. The lowest BCUT2D eigenvalue weighted by Gasteiger charge is -2.33. The number of carboxylic acids is 1. The van der Waals surface area contributed by atoms with Crippen molar-refractivity contribution < 1.29 is 19.4 Å². The van der Waals surface area contributed by atoms with Gasteiger partial charge in [0.15, 0.2) is 5.54 Å². The van der Waals surface area contributed by atoms with Crippen LogP contribution in [-0.4, -0.2) is 34.2 Å². The lowest BCUT2D eigenvalue weighted by Crippen LogP contribution is -2.50. The summed E-state index contributed by atoms with van der Waals surface area (Å²) in [6.07, 6.45) is 1.32. The van der Waals surface area contributed by atoms with Crippen LogP contribution in [0.25, 0.3) is 0 Å². The molecule has 1 aromatic carbocycles. The maximum absolute atomic E-state index is 12.1. The van der Waals surface area contributed by atoms with Crippen molar-refractivity contribution >= 4 is 12.1 Å². The summed E-state index contributed by atoms with van der Waals surface area (Å²) < 4.78 is 5.02. The molecule has 1 saturated carbocycles. The highest BCUT2D eigenvalue weighted by molar-refractivity contribution is 5.91. The van der Waals surface area contributed by atoms with Crippen LogP contribution < -0.4 is 0 Å². The molecule has 1 amide bonds. The molecular weight excluding hydrogens is 258 g/mol. The van der Waals surface area contributed by atoms with Crippen molar-refractivity contribution in [3.05, 3.63) is 48.0 Å². The van der Waals surface area contributed by atoms with E-state index in [1.807, 2.05) is 24.3 Å². The molecule has 1 aromatic rings. The van der Waals surface area contributed by atoms with Gasteiger partial charge in [0.2, 0.25) is 0 Å². The number of carbonyl (C=O) groups excluding carboxylic acids is 1. The topological polar surface area (TPSA) is 66.8 Å². The van der Waals surface area contributed by atoms with Crippen LogP contribution in [0.3, 0.4) is 0 Å². The van der Waals surface area contributed by atoms with Crippen LogP contribution in [0.5, 0.6) is 0 Å². The van der Waals surface area contributed by atoms with Crippen molar-refractivity contribution in [1.82, 2.24) is 4.90 Å². The molecule has 0 bridgehead atoms. The standard InChI is InChI=1S/C15H15NO4/c1-2-7-20-14(19)16-9-10-5-3-4-6-11(10)12-8-15(12,16)13(17)18/h2-6,12H,1,7-9H2,(H,17,18). The molecule has 20 heavy (non-hydrogen) atoms. The number of rotatable bonds is 3. The molecule has 0 spiro atoms. The van der Waals surface area contributed by atoms with Crippen LogP contribution in [0.4, 0.5) is 4.79 Å². The SMILES string of the molecule is C=CCOC(=O)N1Cc2ccccc2C2CC21C(=O)O. The second kappa shape index (κ2) is 4.37. The number of hydrogen-bond acceptors (Lipinski definition) is 3. The van der Waals surface area contributed by atoms with E-state index in [1.54, 1.807) is 0 Å². The molecule has 1 N–H and O–H groups in total. The summed E-state index contributed by atoms with van der Waals surface area (Å²) in [7, 11) is 0. The Morgan fingerprint density at radius 1 is 1.50 bits per heavy atom. The number of amides is 1. The molecule has 1 aliphatic heterocycles. The molecule has 0 saturated heterocycles. The third-order valence-corrected chi connectivity index (χ3v) is 4.09. The molecule has 5 heteroatoms. The average molecular weight is 273 g/mol. The zero-order valence-corrected chi connectivity index (χ0v) is 10.9. The van der Waals surface area contributed by atoms with E-state index in [1.165, 1.54) is 11.0 Å². The number of nitrogens with zero attached hydrogens (tertiary/aromatic N) is 1. The fourth-order valence-corrected chi connectivity index (χ4v) is 3.03. The molecule has 2 unspecified atom stereocenters. The van der Waals surface area contributed by atoms with E-state index in [-0.39, 0.29) is 19.1 Å². The van der Waals surface area contributed by atoms with Crippen molar-refractivity contribution in [2.24, 2.45) is 0 Å². The number of ether oxygens (including phenoxy) is 1. The predicted octanol–water partition coefficient (Wildman–Crippen LogP) is 2.14. The van der Waals surface area contributed by atoms with Crippen LogP contribution in [0.1, 0.15) is 23.5 Å². The lowest BCUT2D eigenvalue weighted by atomic mass is 9.94. The number of hydrogen-bond donors (Lipinski definition) is 1. The monoisotopic (exact) mass is 273 g/mol. The normalized spacial score (nSPS) is 26.2. The zero-order chi connectivity index (χ0) is 14.3. The van der Waals surface area contributed by atoms with Gasteiger partial charge in [0.05, 0.1) is 6.54 Å². The highest BCUT2D eigenvalue weighted by Gasteiger charge is 2.69. The average Bonchev–Trinajstić information content (AvgIpc) is 3.21. The van der Waals surface area contributed by atoms with Gasteiger partial charge < -0.3 is 9.84 Å². The van der Waals surface area contributed by atoms with E-state index < -0.39 is 17.6 Å². The Labute approximate surface area is 116 Å². The largest absolute Gasteiger partial charge is 0.479 e. The first-order chi connectivity index (χ1) is 9.61. The van der Waals surface area contributed by atoms with Gasteiger partial charge >= 0.3 is 12.1 Å². The summed E-state index contributed by atoms with van der Waals surface area (Å²) in [5, 5.41) is 9.54. The highest BCUT2D eigenvalue weighted by Crippen LogP contribution is 2.59. The maximum Gasteiger partial charge on any atom is 0.411 e. The first kappa shape index (κ1) is 12.7. The Morgan fingerprint density at radius 3 is 2.95 bits per heavy atom. The number of carboxylic acid groups (broad SMARTS) is 1. The minimum absolute atomic E-state index is 0.0807. The molecule has 0 radical (unpaired) electrons. The number of benzene rings is 1. The molecule has 1 fully saturated rings. The van der Waals surface area contributed by atoms with E-state index in [9.17, 15) is 14.7 Å². The van der Waals surface area contributed by atoms with Crippen LogP contribution in [-0.2, 0) is 16.1 Å². The smallest absolute Gasteiger partial charge is 0.411 e. The predicted molar refractivity (Wildman–Crippen MR) is 71.3 cm³/mol. The van der Waals surface area contributed by atoms with Crippen molar-refractivity contribution in [3.8, 4) is 0 Å². The molecule has 0 aromatic heterocycles. The lowest BCUT2D eigenvalue weighted by molar-refractivity contribution is -0.145. The van der Waals surface area contributed by atoms with Gasteiger partial charge in [-0.25, -0.2) is 9.59 Å². The van der Waals surface area contributed by atoms with E-state index in [4.69, 9.17) is 4.74 Å². The number of carbonyl (C=O) groups is 2. The fourth-order valence-electron chi connectivity index (χ4n) is 3.03. The molecule has 104 valence electrons. The number of fused-ring (bicyclic) bond motifs is 3. The quantitative estimate of drug-likeness (QED) is 0.857. The van der Waals surface area contributed by atoms with E-state index in [2.05, 4.69) is 6.58 Å². The van der Waals surface area contributed by atoms with Gasteiger partial charge in [-0.05, 0) is 17.5 Å². The van der Waals surface area contributed by atoms with Gasteiger partial charge in [0.1, 0.15) is 6.61 Å². The second-order valence-corrected chi connectivity index (χ2v) is 5.14. The third kappa shape index (κ3) is 1.62. The number of aliphatic carboxylic acids is 1. The van der Waals surface area contributed by atoms with Gasteiger partial charge in [-0.15, -0.1) is 0 Å². The zero-order valence-electron chi connectivity index (χ0n) is 10.9. The molecular formula is C15H15NO4. The van der Waals surface area contributed by atoms with Crippen molar-refractivity contribution in [3.63, 3.8) is 0 Å². The van der Waals surface area contributed by atoms with E-state index >= 15 is 0 Å². The fraction of sp³-hybridized carbons (Fsp3) is 0.333. The molecule has 1 heterocycles. The van der Waals surface area contributed by atoms with Gasteiger partial charge in [0.25, 0.3) is 0 Å².